The van der Waals surface area contributed by atoms with Crippen LogP contribution < -0.4 is 14.8 Å². The van der Waals surface area contributed by atoms with Crippen LogP contribution in [0.25, 0.3) is 0 Å². The lowest BCUT2D eigenvalue weighted by Crippen LogP contribution is -2.17. The smallest absolute Gasteiger partial charge is 0.127 e. The summed E-state index contributed by atoms with van der Waals surface area (Å²) in [5.41, 5.74) is 1.24. The Kier molecular flexibility index (Phi) is 6.19. The molecule has 0 spiro atoms. The molecular formula is C17H27NO2. The molecule has 0 fully saturated rings. The molecule has 1 aromatic carbocycles. The van der Waals surface area contributed by atoms with Gasteiger partial charge in [-0.2, -0.15) is 0 Å². The summed E-state index contributed by atoms with van der Waals surface area (Å²) in [5.74, 6) is 1.89. The summed E-state index contributed by atoms with van der Waals surface area (Å²) >= 11 is 0. The van der Waals surface area contributed by atoms with Gasteiger partial charge in [0, 0.05) is 11.6 Å². The predicted octanol–water partition coefficient (Wildman–Crippen LogP) is 4.08. The number of fused-ring (bicyclic) bond motifs is 1. The summed E-state index contributed by atoms with van der Waals surface area (Å²) < 4.78 is 11.5. The molecule has 0 amide bonds. The van der Waals surface area contributed by atoms with E-state index in [-0.39, 0.29) is 0 Å². The standard InChI is InChI=1S/C17H27NO2/c1-3-4-5-6-7-8-11-19-14-9-10-15-16(18-2)13-20-17(15)12-14/h9-10,12,16,18H,3-8,11,13H2,1-2H3. The minimum atomic E-state index is 0.317. The molecule has 1 heterocycles. The van der Waals surface area contributed by atoms with Crippen molar-refractivity contribution in [2.45, 2.75) is 51.5 Å². The molecular weight excluding hydrogens is 250 g/mol. The van der Waals surface area contributed by atoms with Crippen molar-refractivity contribution in [2.75, 3.05) is 20.3 Å². The fourth-order valence-electron chi connectivity index (χ4n) is 2.59. The van der Waals surface area contributed by atoms with E-state index in [0.29, 0.717) is 12.6 Å². The second-order valence-corrected chi connectivity index (χ2v) is 5.47. The van der Waals surface area contributed by atoms with Gasteiger partial charge in [0.1, 0.15) is 18.1 Å². The largest absolute Gasteiger partial charge is 0.493 e. The fourth-order valence-corrected chi connectivity index (χ4v) is 2.59. The van der Waals surface area contributed by atoms with Gasteiger partial charge in [-0.3, -0.25) is 0 Å². The molecule has 1 aliphatic heterocycles. The molecule has 0 saturated heterocycles. The quantitative estimate of drug-likeness (QED) is 0.690. The SMILES string of the molecule is CCCCCCCCOc1ccc2c(c1)OCC2NC. The molecule has 0 aliphatic carbocycles. The molecule has 0 aromatic heterocycles. The lowest BCUT2D eigenvalue weighted by atomic mass is 10.1. The first-order valence-corrected chi connectivity index (χ1v) is 7.92. The first-order valence-electron chi connectivity index (χ1n) is 7.92. The molecule has 1 N–H and O–H groups in total. The molecule has 3 nitrogen and oxygen atoms in total. The zero-order valence-electron chi connectivity index (χ0n) is 12.8. The fraction of sp³-hybridized carbons (Fsp3) is 0.647. The zero-order chi connectivity index (χ0) is 14.2. The number of benzene rings is 1. The Balaban J connectivity index is 1.69. The summed E-state index contributed by atoms with van der Waals surface area (Å²) in [5, 5.41) is 3.25. The van der Waals surface area contributed by atoms with Crippen molar-refractivity contribution in [1.29, 1.82) is 0 Å². The Hall–Kier alpha value is -1.22. The molecule has 1 aromatic rings. The second kappa shape index (κ2) is 8.15. The van der Waals surface area contributed by atoms with Gasteiger partial charge in [-0.05, 0) is 25.6 Å². The van der Waals surface area contributed by atoms with Crippen LogP contribution in [0, 0.1) is 0 Å². The van der Waals surface area contributed by atoms with Crippen LogP contribution in [0.3, 0.4) is 0 Å². The van der Waals surface area contributed by atoms with Crippen molar-refractivity contribution >= 4 is 0 Å². The Morgan fingerprint density at radius 1 is 1.20 bits per heavy atom. The first-order chi connectivity index (χ1) is 9.85. The maximum absolute atomic E-state index is 5.81. The number of rotatable bonds is 9. The maximum Gasteiger partial charge on any atom is 0.127 e. The third-order valence-corrected chi connectivity index (χ3v) is 3.88. The molecule has 0 bridgehead atoms. The predicted molar refractivity (Wildman–Crippen MR) is 82.6 cm³/mol. The van der Waals surface area contributed by atoms with E-state index in [4.69, 9.17) is 9.47 Å². The van der Waals surface area contributed by atoms with E-state index in [1.165, 1.54) is 37.7 Å². The van der Waals surface area contributed by atoms with E-state index in [2.05, 4.69) is 24.4 Å². The van der Waals surface area contributed by atoms with E-state index in [1.54, 1.807) is 0 Å². The number of likely N-dealkylation sites (N-methyl/N-ethyl adjacent to an activating group) is 1. The highest BCUT2D eigenvalue weighted by Gasteiger charge is 2.22. The van der Waals surface area contributed by atoms with Crippen LogP contribution in [0.4, 0.5) is 0 Å². The lowest BCUT2D eigenvalue weighted by molar-refractivity contribution is 0.298. The highest BCUT2D eigenvalue weighted by molar-refractivity contribution is 5.44. The highest BCUT2D eigenvalue weighted by Crippen LogP contribution is 2.35. The molecule has 112 valence electrons. The molecule has 3 heteroatoms. The van der Waals surface area contributed by atoms with Crippen LogP contribution >= 0.6 is 0 Å². The number of ether oxygens (including phenoxy) is 2. The first kappa shape index (κ1) is 15.2. The molecule has 0 saturated carbocycles. The maximum atomic E-state index is 5.81. The highest BCUT2D eigenvalue weighted by atomic mass is 16.5. The number of hydrogen-bond acceptors (Lipinski definition) is 3. The van der Waals surface area contributed by atoms with Crippen molar-refractivity contribution in [3.05, 3.63) is 23.8 Å². The summed E-state index contributed by atoms with van der Waals surface area (Å²) in [6.45, 7) is 3.77. The second-order valence-electron chi connectivity index (χ2n) is 5.47. The van der Waals surface area contributed by atoms with Gasteiger partial charge in [-0.25, -0.2) is 0 Å². The minimum absolute atomic E-state index is 0.317. The van der Waals surface area contributed by atoms with Gasteiger partial charge in [-0.15, -0.1) is 0 Å². The summed E-state index contributed by atoms with van der Waals surface area (Å²) in [6.07, 6.45) is 7.75. The Bertz CT molecular complexity index is 406. The average Bonchev–Trinajstić information content (AvgIpc) is 2.88. The Morgan fingerprint density at radius 2 is 2.00 bits per heavy atom. The van der Waals surface area contributed by atoms with Crippen molar-refractivity contribution in [3.8, 4) is 11.5 Å². The third-order valence-electron chi connectivity index (χ3n) is 3.88. The number of unbranched alkanes of at least 4 members (excludes halogenated alkanes) is 5. The van der Waals surface area contributed by atoms with E-state index in [0.717, 1.165) is 24.5 Å². The van der Waals surface area contributed by atoms with Crippen molar-refractivity contribution in [2.24, 2.45) is 0 Å². The van der Waals surface area contributed by atoms with Crippen LogP contribution in [-0.4, -0.2) is 20.3 Å². The summed E-state index contributed by atoms with van der Waals surface area (Å²) in [7, 11) is 1.96. The van der Waals surface area contributed by atoms with Gasteiger partial charge in [0.15, 0.2) is 0 Å². The van der Waals surface area contributed by atoms with E-state index < -0.39 is 0 Å². The molecule has 0 radical (unpaired) electrons. The van der Waals surface area contributed by atoms with Gasteiger partial charge < -0.3 is 14.8 Å². The van der Waals surface area contributed by atoms with Crippen LogP contribution in [0.2, 0.25) is 0 Å². The monoisotopic (exact) mass is 277 g/mol. The molecule has 20 heavy (non-hydrogen) atoms. The van der Waals surface area contributed by atoms with Crippen LogP contribution in [-0.2, 0) is 0 Å². The van der Waals surface area contributed by atoms with Crippen LogP contribution in [0.5, 0.6) is 11.5 Å². The average molecular weight is 277 g/mol. The Morgan fingerprint density at radius 3 is 2.80 bits per heavy atom. The van der Waals surface area contributed by atoms with Gasteiger partial charge in [0.05, 0.1) is 12.6 Å². The van der Waals surface area contributed by atoms with Gasteiger partial charge in [0.25, 0.3) is 0 Å². The number of nitrogens with one attached hydrogen (secondary N) is 1. The van der Waals surface area contributed by atoms with E-state index >= 15 is 0 Å². The summed E-state index contributed by atoms with van der Waals surface area (Å²) in [4.78, 5) is 0. The minimum Gasteiger partial charge on any atom is -0.493 e. The number of hydrogen-bond donors (Lipinski definition) is 1. The van der Waals surface area contributed by atoms with Gasteiger partial charge >= 0.3 is 0 Å². The molecule has 2 rings (SSSR count). The van der Waals surface area contributed by atoms with Crippen LogP contribution in [0.1, 0.15) is 57.1 Å². The molecule has 1 atom stereocenters. The van der Waals surface area contributed by atoms with Gasteiger partial charge in [0.2, 0.25) is 0 Å². The normalized spacial score (nSPS) is 16.8. The lowest BCUT2D eigenvalue weighted by Gasteiger charge is -2.09. The van der Waals surface area contributed by atoms with Crippen molar-refractivity contribution in [3.63, 3.8) is 0 Å². The Labute approximate surface area is 122 Å². The molecule has 1 aliphatic rings. The summed E-state index contributed by atoms with van der Waals surface area (Å²) in [6, 6.07) is 6.50. The van der Waals surface area contributed by atoms with E-state index in [9.17, 15) is 0 Å². The van der Waals surface area contributed by atoms with Crippen molar-refractivity contribution in [1.82, 2.24) is 5.32 Å². The van der Waals surface area contributed by atoms with E-state index in [1.807, 2.05) is 13.1 Å². The van der Waals surface area contributed by atoms with Crippen LogP contribution in [0.15, 0.2) is 18.2 Å². The molecule has 1 unspecified atom stereocenters. The third kappa shape index (κ3) is 4.14. The van der Waals surface area contributed by atoms with Gasteiger partial charge in [-0.1, -0.05) is 39.0 Å². The zero-order valence-corrected chi connectivity index (χ0v) is 12.8. The van der Waals surface area contributed by atoms with Crippen molar-refractivity contribution < 1.29 is 9.47 Å². The topological polar surface area (TPSA) is 30.5 Å².